The molecule has 0 aliphatic rings. The molecule has 5 nitrogen and oxygen atoms in total. The van der Waals surface area contributed by atoms with E-state index in [-0.39, 0.29) is 0 Å². The number of hydrogen-bond acceptors (Lipinski definition) is 5. The lowest BCUT2D eigenvalue weighted by Crippen LogP contribution is -2.31. The maximum Gasteiger partial charge on any atom is 0.112 e. The van der Waals surface area contributed by atoms with Crippen LogP contribution in [0.2, 0.25) is 0 Å². The lowest BCUT2D eigenvalue weighted by atomic mass is 10.2. The number of anilines is 1. The maximum atomic E-state index is 5.62. The van der Waals surface area contributed by atoms with E-state index in [0.29, 0.717) is 18.0 Å². The molecule has 0 aliphatic carbocycles. The number of ether oxygens (including phenoxy) is 1. The van der Waals surface area contributed by atoms with Crippen LogP contribution >= 0.6 is 28.1 Å². The first-order valence-electron chi connectivity index (χ1n) is 6.54. The number of nitrogens with zero attached hydrogens (tertiary/aromatic N) is 3. The van der Waals surface area contributed by atoms with Crippen molar-refractivity contribution >= 4 is 49.9 Å². The molecule has 0 aliphatic heterocycles. The minimum Gasteiger partial charge on any atom is -0.393 e. The van der Waals surface area contributed by atoms with Gasteiger partial charge in [-0.15, -0.1) is 0 Å². The zero-order valence-electron chi connectivity index (χ0n) is 11.8. The molecular formula is C14H17BrN4OS. The summed E-state index contributed by atoms with van der Waals surface area (Å²) in [4.78, 5) is 11.5. The molecule has 21 heavy (non-hydrogen) atoms. The molecule has 2 aromatic heterocycles. The molecule has 0 saturated carbocycles. The van der Waals surface area contributed by atoms with Gasteiger partial charge in [0.15, 0.2) is 0 Å². The van der Waals surface area contributed by atoms with Crippen LogP contribution in [0.1, 0.15) is 6.42 Å². The summed E-state index contributed by atoms with van der Waals surface area (Å²) in [5, 5.41) is 0. The molecule has 2 N–H and O–H groups in total. The van der Waals surface area contributed by atoms with E-state index in [2.05, 4.69) is 30.8 Å². The second-order valence-electron chi connectivity index (χ2n) is 4.55. The van der Waals surface area contributed by atoms with E-state index in [1.54, 1.807) is 19.5 Å². The smallest absolute Gasteiger partial charge is 0.112 e. The minimum atomic E-state index is 0.506. The van der Waals surface area contributed by atoms with Gasteiger partial charge in [0.25, 0.3) is 0 Å². The third kappa shape index (κ3) is 4.33. The van der Waals surface area contributed by atoms with Crippen molar-refractivity contribution < 1.29 is 4.74 Å². The van der Waals surface area contributed by atoms with Crippen LogP contribution in [-0.2, 0) is 4.74 Å². The van der Waals surface area contributed by atoms with Gasteiger partial charge in [0, 0.05) is 43.5 Å². The normalized spacial score (nSPS) is 10.8. The predicted octanol–water partition coefficient (Wildman–Crippen LogP) is 2.52. The van der Waals surface area contributed by atoms with Crippen LogP contribution in [0.5, 0.6) is 0 Å². The molecule has 0 atom stereocenters. The van der Waals surface area contributed by atoms with Crippen LogP contribution in [0, 0.1) is 0 Å². The number of nitrogens with two attached hydrogens (primary N) is 1. The van der Waals surface area contributed by atoms with E-state index in [9.17, 15) is 0 Å². The molecule has 0 bridgehead atoms. The SMILES string of the molecule is COCCN(CCC(N)=S)c1ccnc2cc(Br)cnc12. The zero-order chi connectivity index (χ0) is 15.2. The maximum absolute atomic E-state index is 5.62. The molecule has 0 fully saturated rings. The van der Waals surface area contributed by atoms with E-state index in [4.69, 9.17) is 22.7 Å². The predicted molar refractivity (Wildman–Crippen MR) is 92.7 cm³/mol. The van der Waals surface area contributed by atoms with E-state index in [1.165, 1.54) is 0 Å². The molecule has 0 aromatic carbocycles. The van der Waals surface area contributed by atoms with Crippen molar-refractivity contribution in [2.75, 3.05) is 31.7 Å². The Hall–Kier alpha value is -1.31. The number of hydrogen-bond donors (Lipinski definition) is 1. The fraction of sp³-hybridized carbons (Fsp3) is 0.357. The summed E-state index contributed by atoms with van der Waals surface area (Å²) in [7, 11) is 1.69. The molecule has 0 saturated heterocycles. The van der Waals surface area contributed by atoms with Crippen LogP contribution in [0.15, 0.2) is 29.0 Å². The highest BCUT2D eigenvalue weighted by molar-refractivity contribution is 9.10. The average Bonchev–Trinajstić information content (AvgIpc) is 2.46. The topological polar surface area (TPSA) is 64.3 Å². The van der Waals surface area contributed by atoms with Crippen LogP contribution in [0.4, 0.5) is 5.69 Å². The van der Waals surface area contributed by atoms with Gasteiger partial charge in [0.05, 0.1) is 22.8 Å². The summed E-state index contributed by atoms with van der Waals surface area (Å²) in [5.74, 6) is 0. The molecule has 112 valence electrons. The molecule has 0 amide bonds. The lowest BCUT2D eigenvalue weighted by molar-refractivity contribution is 0.205. The van der Waals surface area contributed by atoms with E-state index < -0.39 is 0 Å². The molecule has 0 spiro atoms. The van der Waals surface area contributed by atoms with E-state index in [0.717, 1.165) is 34.3 Å². The average molecular weight is 369 g/mol. The van der Waals surface area contributed by atoms with E-state index in [1.807, 2.05) is 12.1 Å². The number of aromatic nitrogens is 2. The van der Waals surface area contributed by atoms with Crippen molar-refractivity contribution in [3.63, 3.8) is 0 Å². The number of rotatable bonds is 7. The van der Waals surface area contributed by atoms with Crippen molar-refractivity contribution in [3.05, 3.63) is 29.0 Å². The van der Waals surface area contributed by atoms with Crippen LogP contribution in [-0.4, -0.2) is 41.8 Å². The Bertz CT molecular complexity index is 637. The van der Waals surface area contributed by atoms with Gasteiger partial charge in [-0.2, -0.15) is 0 Å². The monoisotopic (exact) mass is 368 g/mol. The van der Waals surface area contributed by atoms with Crippen molar-refractivity contribution in [3.8, 4) is 0 Å². The Labute approximate surface area is 137 Å². The number of thiocarbonyl (C=S) groups is 1. The molecular weight excluding hydrogens is 352 g/mol. The second kappa shape index (κ2) is 7.63. The quantitative estimate of drug-likeness (QED) is 0.757. The third-order valence-electron chi connectivity index (χ3n) is 3.06. The number of pyridine rings is 2. The summed E-state index contributed by atoms with van der Waals surface area (Å²) in [6.07, 6.45) is 4.21. The Morgan fingerprint density at radius 2 is 2.24 bits per heavy atom. The van der Waals surface area contributed by atoms with Gasteiger partial charge >= 0.3 is 0 Å². The first kappa shape index (κ1) is 16.1. The van der Waals surface area contributed by atoms with Crippen molar-refractivity contribution in [2.24, 2.45) is 5.73 Å². The number of halogens is 1. The van der Waals surface area contributed by atoms with Crippen LogP contribution < -0.4 is 10.6 Å². The lowest BCUT2D eigenvalue weighted by Gasteiger charge is -2.25. The number of fused-ring (bicyclic) bond motifs is 1. The fourth-order valence-corrected chi connectivity index (χ4v) is 2.46. The highest BCUT2D eigenvalue weighted by atomic mass is 79.9. The molecule has 0 unspecified atom stereocenters. The van der Waals surface area contributed by atoms with Gasteiger partial charge in [-0.3, -0.25) is 9.97 Å². The number of methoxy groups -OCH3 is 1. The summed E-state index contributed by atoms with van der Waals surface area (Å²) in [5.41, 5.74) is 8.34. The van der Waals surface area contributed by atoms with Crippen LogP contribution in [0.25, 0.3) is 11.0 Å². The van der Waals surface area contributed by atoms with Gasteiger partial charge in [-0.1, -0.05) is 12.2 Å². The molecule has 7 heteroatoms. The summed E-state index contributed by atoms with van der Waals surface area (Å²) < 4.78 is 6.09. The molecule has 0 radical (unpaired) electrons. The van der Waals surface area contributed by atoms with Gasteiger partial charge in [-0.25, -0.2) is 0 Å². The van der Waals surface area contributed by atoms with Gasteiger partial charge < -0.3 is 15.4 Å². The van der Waals surface area contributed by atoms with E-state index >= 15 is 0 Å². The van der Waals surface area contributed by atoms with Crippen molar-refractivity contribution in [2.45, 2.75) is 6.42 Å². The van der Waals surface area contributed by atoms with Crippen molar-refractivity contribution in [1.29, 1.82) is 0 Å². The van der Waals surface area contributed by atoms with Gasteiger partial charge in [-0.05, 0) is 28.1 Å². The molecule has 2 heterocycles. The largest absolute Gasteiger partial charge is 0.393 e. The molecule has 2 aromatic rings. The van der Waals surface area contributed by atoms with Gasteiger partial charge in [0.1, 0.15) is 5.52 Å². The van der Waals surface area contributed by atoms with Gasteiger partial charge in [0.2, 0.25) is 0 Å². The molecule has 2 rings (SSSR count). The highest BCUT2D eigenvalue weighted by Crippen LogP contribution is 2.25. The Morgan fingerprint density at radius 3 is 2.95 bits per heavy atom. The van der Waals surface area contributed by atoms with Crippen LogP contribution in [0.3, 0.4) is 0 Å². The third-order valence-corrected chi connectivity index (χ3v) is 3.69. The standard InChI is InChI=1S/C14H17BrN4OS/c1-20-7-6-19(5-3-13(16)21)12-2-4-17-11-8-10(15)9-18-14(11)12/h2,4,8-9H,3,5-7H2,1H3,(H2,16,21). The second-order valence-corrected chi connectivity index (χ2v) is 5.99. The summed E-state index contributed by atoms with van der Waals surface area (Å²) in [6.45, 7) is 2.10. The Kier molecular flexibility index (Phi) is 5.84. The summed E-state index contributed by atoms with van der Waals surface area (Å²) >= 11 is 8.39. The minimum absolute atomic E-state index is 0.506. The van der Waals surface area contributed by atoms with Crippen molar-refractivity contribution in [1.82, 2.24) is 9.97 Å². The zero-order valence-corrected chi connectivity index (χ0v) is 14.2. The Morgan fingerprint density at radius 1 is 1.43 bits per heavy atom. The summed E-state index contributed by atoms with van der Waals surface area (Å²) in [6, 6.07) is 3.91. The first-order valence-corrected chi connectivity index (χ1v) is 7.74. The Balaban J connectivity index is 2.35. The highest BCUT2D eigenvalue weighted by Gasteiger charge is 2.12. The fourth-order valence-electron chi connectivity index (χ4n) is 2.05. The first-order chi connectivity index (χ1) is 10.1.